The van der Waals surface area contributed by atoms with Gasteiger partial charge in [0.05, 0.1) is 0 Å². The van der Waals surface area contributed by atoms with Gasteiger partial charge in [-0.05, 0) is 0 Å². The molecule has 0 radical (unpaired) electrons. The summed E-state index contributed by atoms with van der Waals surface area (Å²) in [4.78, 5) is 27.6. The highest BCUT2D eigenvalue weighted by molar-refractivity contribution is 7.15. The van der Waals surface area contributed by atoms with Gasteiger partial charge in [0.25, 0.3) is 0 Å². The highest BCUT2D eigenvalue weighted by Gasteiger charge is 1.97. The summed E-state index contributed by atoms with van der Waals surface area (Å²) in [5.41, 5.74) is -1.04. The van der Waals surface area contributed by atoms with Crippen molar-refractivity contribution < 1.29 is 0 Å². The molecule has 0 atom stereocenters. The van der Waals surface area contributed by atoms with Gasteiger partial charge in [-0.25, -0.2) is 14.0 Å². The molecular formula is C5H3N3O2S. The van der Waals surface area contributed by atoms with Crippen molar-refractivity contribution in [3.8, 4) is 0 Å². The summed E-state index contributed by atoms with van der Waals surface area (Å²) in [7, 11) is 0. The van der Waals surface area contributed by atoms with Crippen LogP contribution in [0.5, 0.6) is 0 Å². The second kappa shape index (κ2) is 2.03. The molecule has 0 saturated heterocycles. The van der Waals surface area contributed by atoms with Crippen LogP contribution >= 0.6 is 11.3 Å². The maximum absolute atomic E-state index is 10.9. The molecular weight excluding hydrogens is 166 g/mol. The number of hydrogen-bond donors (Lipinski definition) is 1. The average Bonchev–Trinajstić information content (AvgIpc) is 2.34. The molecule has 56 valence electrons. The Kier molecular flexibility index (Phi) is 1.16. The third-order valence-corrected chi connectivity index (χ3v) is 1.98. The van der Waals surface area contributed by atoms with Crippen molar-refractivity contribution in [1.29, 1.82) is 0 Å². The Hall–Kier alpha value is -1.43. The zero-order chi connectivity index (χ0) is 7.84. The van der Waals surface area contributed by atoms with E-state index in [-0.39, 0.29) is 0 Å². The van der Waals surface area contributed by atoms with Gasteiger partial charge < -0.3 is 0 Å². The van der Waals surface area contributed by atoms with E-state index in [1.165, 1.54) is 15.7 Å². The first-order valence-electron chi connectivity index (χ1n) is 2.83. The van der Waals surface area contributed by atoms with Crippen molar-refractivity contribution in [3.05, 3.63) is 32.5 Å². The predicted molar refractivity (Wildman–Crippen MR) is 40.0 cm³/mol. The number of rotatable bonds is 0. The van der Waals surface area contributed by atoms with Crippen LogP contribution in [0, 0.1) is 0 Å². The highest BCUT2D eigenvalue weighted by atomic mass is 32.1. The molecule has 0 aliphatic rings. The van der Waals surface area contributed by atoms with Gasteiger partial charge in [-0.15, -0.1) is 11.3 Å². The SMILES string of the molecule is O=c1nc2sccn2c(=O)[nH]1. The van der Waals surface area contributed by atoms with Crippen molar-refractivity contribution in [1.82, 2.24) is 14.4 Å². The molecule has 2 aromatic heterocycles. The normalized spacial score (nSPS) is 10.5. The standard InChI is InChI=1S/C5H3N3O2S/c9-3-6-4(10)8-1-2-11-5(8)7-3/h1-2H,(H,6,9,10). The number of aromatic amines is 1. The molecule has 2 rings (SSSR count). The number of thiazole rings is 1. The van der Waals surface area contributed by atoms with Crippen LogP contribution in [0.4, 0.5) is 0 Å². The molecule has 0 fully saturated rings. The topological polar surface area (TPSA) is 67.2 Å². The molecule has 0 unspecified atom stereocenters. The van der Waals surface area contributed by atoms with Crippen molar-refractivity contribution in [3.63, 3.8) is 0 Å². The summed E-state index contributed by atoms with van der Waals surface area (Å²) in [5.74, 6) is 0. The monoisotopic (exact) mass is 169 g/mol. The fraction of sp³-hybridized carbons (Fsp3) is 0. The largest absolute Gasteiger partial charge is 0.351 e. The van der Waals surface area contributed by atoms with E-state index in [0.717, 1.165) is 0 Å². The van der Waals surface area contributed by atoms with Gasteiger partial charge in [-0.3, -0.25) is 4.98 Å². The molecule has 2 aromatic rings. The summed E-state index contributed by atoms with van der Waals surface area (Å²) in [5, 5.41) is 1.69. The van der Waals surface area contributed by atoms with Gasteiger partial charge in [0.15, 0.2) is 0 Å². The Balaban J connectivity index is 3.15. The molecule has 0 aromatic carbocycles. The first kappa shape index (κ1) is 6.29. The van der Waals surface area contributed by atoms with Gasteiger partial charge in [0, 0.05) is 11.6 Å². The molecule has 0 spiro atoms. The van der Waals surface area contributed by atoms with Gasteiger partial charge in [0.2, 0.25) is 4.96 Å². The molecule has 0 bridgehead atoms. The lowest BCUT2D eigenvalue weighted by Crippen LogP contribution is -2.26. The Morgan fingerprint density at radius 3 is 3.18 bits per heavy atom. The maximum atomic E-state index is 10.9. The van der Waals surface area contributed by atoms with E-state index >= 15 is 0 Å². The lowest BCUT2D eigenvalue weighted by molar-refractivity contribution is 0.921. The highest BCUT2D eigenvalue weighted by Crippen LogP contribution is 2.01. The first-order chi connectivity index (χ1) is 5.27. The van der Waals surface area contributed by atoms with Crippen LogP contribution in [-0.4, -0.2) is 14.4 Å². The fourth-order valence-electron chi connectivity index (χ4n) is 0.774. The van der Waals surface area contributed by atoms with Crippen molar-refractivity contribution in [2.45, 2.75) is 0 Å². The fourth-order valence-corrected chi connectivity index (χ4v) is 1.47. The van der Waals surface area contributed by atoms with Gasteiger partial charge in [-0.1, -0.05) is 0 Å². The van der Waals surface area contributed by atoms with Gasteiger partial charge in [-0.2, -0.15) is 4.98 Å². The van der Waals surface area contributed by atoms with E-state index < -0.39 is 11.4 Å². The van der Waals surface area contributed by atoms with Crippen LogP contribution < -0.4 is 11.4 Å². The molecule has 1 N–H and O–H groups in total. The summed E-state index contributed by atoms with van der Waals surface area (Å²) in [6, 6.07) is 0. The zero-order valence-corrected chi connectivity index (χ0v) is 6.09. The van der Waals surface area contributed by atoms with Crippen LogP contribution in [0.3, 0.4) is 0 Å². The molecule has 0 amide bonds. The number of nitrogens with one attached hydrogen (secondary N) is 1. The Labute approximate surface area is 64.0 Å². The predicted octanol–water partition coefficient (Wildman–Crippen LogP) is -0.556. The summed E-state index contributed by atoms with van der Waals surface area (Å²) >= 11 is 1.25. The summed E-state index contributed by atoms with van der Waals surface area (Å²) in [6.45, 7) is 0. The molecule has 5 nitrogen and oxygen atoms in total. The molecule has 0 saturated carbocycles. The Morgan fingerprint density at radius 2 is 2.36 bits per heavy atom. The first-order valence-corrected chi connectivity index (χ1v) is 3.71. The maximum Gasteiger partial charge on any atom is 0.351 e. The van der Waals surface area contributed by atoms with Crippen molar-refractivity contribution in [2.75, 3.05) is 0 Å². The number of fused-ring (bicyclic) bond motifs is 1. The van der Waals surface area contributed by atoms with Crippen LogP contribution in [0.1, 0.15) is 0 Å². The Bertz CT molecular complexity index is 494. The molecule has 0 aliphatic carbocycles. The van der Waals surface area contributed by atoms with E-state index in [4.69, 9.17) is 0 Å². The second-order valence-electron chi connectivity index (χ2n) is 1.90. The van der Waals surface area contributed by atoms with Crippen molar-refractivity contribution in [2.24, 2.45) is 0 Å². The second-order valence-corrected chi connectivity index (χ2v) is 2.78. The molecule has 0 aliphatic heterocycles. The van der Waals surface area contributed by atoms with Crippen LogP contribution in [0.25, 0.3) is 4.96 Å². The van der Waals surface area contributed by atoms with E-state index in [2.05, 4.69) is 4.98 Å². The number of hydrogen-bond acceptors (Lipinski definition) is 4. The van der Waals surface area contributed by atoms with E-state index in [1.807, 2.05) is 4.98 Å². The molecule has 2 heterocycles. The van der Waals surface area contributed by atoms with Gasteiger partial charge in [0.1, 0.15) is 0 Å². The van der Waals surface area contributed by atoms with E-state index in [9.17, 15) is 9.59 Å². The van der Waals surface area contributed by atoms with E-state index in [1.54, 1.807) is 11.6 Å². The smallest absolute Gasteiger partial charge is 0.257 e. The minimum atomic E-state index is -0.600. The van der Waals surface area contributed by atoms with Crippen LogP contribution in [0.15, 0.2) is 21.2 Å². The number of H-pyrrole nitrogens is 1. The minimum Gasteiger partial charge on any atom is -0.257 e. The molecule has 11 heavy (non-hydrogen) atoms. The number of nitrogens with zero attached hydrogens (tertiary/aromatic N) is 2. The third kappa shape index (κ3) is 0.874. The zero-order valence-electron chi connectivity index (χ0n) is 5.27. The van der Waals surface area contributed by atoms with Crippen LogP contribution in [-0.2, 0) is 0 Å². The van der Waals surface area contributed by atoms with Gasteiger partial charge >= 0.3 is 11.4 Å². The Morgan fingerprint density at radius 1 is 1.55 bits per heavy atom. The van der Waals surface area contributed by atoms with Crippen molar-refractivity contribution >= 4 is 16.3 Å². The average molecular weight is 169 g/mol. The third-order valence-electron chi connectivity index (χ3n) is 1.22. The minimum absolute atomic E-state index is 0.416. The quantitative estimate of drug-likeness (QED) is 0.575. The lowest BCUT2D eigenvalue weighted by Gasteiger charge is -1.85. The van der Waals surface area contributed by atoms with Crippen LogP contribution in [0.2, 0.25) is 0 Å². The molecule has 6 heteroatoms. The lowest BCUT2D eigenvalue weighted by atomic mass is 10.9. The summed E-state index contributed by atoms with van der Waals surface area (Å²) in [6.07, 6.45) is 1.56. The van der Waals surface area contributed by atoms with E-state index in [0.29, 0.717) is 4.96 Å². The number of aromatic nitrogens is 3. The summed E-state index contributed by atoms with van der Waals surface area (Å²) < 4.78 is 1.28.